The average molecular weight is 419 g/mol. The van der Waals surface area contributed by atoms with Crippen LogP contribution in [0.2, 0.25) is 0 Å². The Morgan fingerprint density at radius 3 is 2.39 bits per heavy atom. The maximum atomic E-state index is 13.0. The highest BCUT2D eigenvalue weighted by atomic mass is 16.5. The van der Waals surface area contributed by atoms with Crippen molar-refractivity contribution in [3.8, 4) is 11.5 Å². The number of aliphatic hydroxyl groups excluding tert-OH is 1. The molecule has 3 aromatic rings. The van der Waals surface area contributed by atoms with Crippen molar-refractivity contribution in [2.45, 2.75) is 12.6 Å². The highest BCUT2D eigenvalue weighted by molar-refractivity contribution is 6.46. The minimum absolute atomic E-state index is 0.00179. The number of rotatable bonds is 6. The van der Waals surface area contributed by atoms with Gasteiger partial charge in [0.2, 0.25) is 0 Å². The standard InChI is InChI=1S/C24H21NO6/c1-29-17-8-3-6-15(12-17)21-20(22(26)16-7-4-9-18(13-16)30-2)23(27)24(28)25(21)14-19-10-5-11-31-19/h3-13,21,26H,14H2,1-2H3/b22-20+. The van der Waals surface area contributed by atoms with E-state index in [0.717, 1.165) is 0 Å². The number of nitrogens with zero attached hydrogens (tertiary/aromatic N) is 1. The second kappa shape index (κ2) is 8.39. The lowest BCUT2D eigenvalue weighted by Crippen LogP contribution is -2.29. The van der Waals surface area contributed by atoms with Crippen LogP contribution in [0.3, 0.4) is 0 Å². The highest BCUT2D eigenvalue weighted by Crippen LogP contribution is 2.41. The fourth-order valence-corrected chi connectivity index (χ4v) is 3.70. The van der Waals surface area contributed by atoms with Gasteiger partial charge in [-0.2, -0.15) is 0 Å². The number of amides is 1. The summed E-state index contributed by atoms with van der Waals surface area (Å²) in [4.78, 5) is 27.4. The molecule has 1 aromatic heterocycles. The molecule has 1 unspecified atom stereocenters. The quantitative estimate of drug-likeness (QED) is 0.370. The Morgan fingerprint density at radius 1 is 1.00 bits per heavy atom. The molecule has 0 radical (unpaired) electrons. The van der Waals surface area contributed by atoms with E-state index >= 15 is 0 Å². The fourth-order valence-electron chi connectivity index (χ4n) is 3.70. The summed E-state index contributed by atoms with van der Waals surface area (Å²) in [7, 11) is 3.05. The molecule has 1 amide bonds. The van der Waals surface area contributed by atoms with Gasteiger partial charge in [0.1, 0.15) is 23.0 Å². The molecule has 4 rings (SSSR count). The van der Waals surface area contributed by atoms with E-state index in [1.54, 1.807) is 60.7 Å². The van der Waals surface area contributed by atoms with Crippen LogP contribution < -0.4 is 9.47 Å². The summed E-state index contributed by atoms with van der Waals surface area (Å²) < 4.78 is 15.9. The summed E-state index contributed by atoms with van der Waals surface area (Å²) in [6, 6.07) is 16.4. The van der Waals surface area contributed by atoms with Gasteiger partial charge < -0.3 is 23.9 Å². The molecular formula is C24H21NO6. The monoisotopic (exact) mass is 419 g/mol. The van der Waals surface area contributed by atoms with E-state index in [1.807, 2.05) is 0 Å². The molecule has 2 heterocycles. The molecule has 31 heavy (non-hydrogen) atoms. The Kier molecular flexibility index (Phi) is 5.49. The average Bonchev–Trinajstić information content (AvgIpc) is 3.41. The van der Waals surface area contributed by atoms with Gasteiger partial charge in [-0.05, 0) is 42.0 Å². The number of furan rings is 1. The molecule has 0 bridgehead atoms. The first-order valence-corrected chi connectivity index (χ1v) is 9.62. The fraction of sp³-hybridized carbons (Fsp3) is 0.167. The summed E-state index contributed by atoms with van der Waals surface area (Å²) in [5, 5.41) is 11.1. The van der Waals surface area contributed by atoms with Crippen LogP contribution in [0.1, 0.15) is 22.9 Å². The predicted octanol–water partition coefficient (Wildman–Crippen LogP) is 3.92. The number of ether oxygens (including phenoxy) is 2. The van der Waals surface area contributed by atoms with Gasteiger partial charge in [0.05, 0.1) is 38.6 Å². The van der Waals surface area contributed by atoms with E-state index in [1.165, 1.54) is 25.4 Å². The Hall–Kier alpha value is -4.00. The Morgan fingerprint density at radius 2 is 1.71 bits per heavy atom. The lowest BCUT2D eigenvalue weighted by atomic mass is 9.95. The van der Waals surface area contributed by atoms with Gasteiger partial charge in [-0.25, -0.2) is 0 Å². The molecule has 1 aliphatic rings. The maximum Gasteiger partial charge on any atom is 0.296 e. The van der Waals surface area contributed by atoms with Gasteiger partial charge >= 0.3 is 0 Å². The molecule has 0 aliphatic carbocycles. The number of hydrogen-bond donors (Lipinski definition) is 1. The summed E-state index contributed by atoms with van der Waals surface area (Å²) in [6.45, 7) is 0.0777. The van der Waals surface area contributed by atoms with E-state index in [2.05, 4.69) is 0 Å². The van der Waals surface area contributed by atoms with Crippen molar-refractivity contribution in [1.29, 1.82) is 0 Å². The van der Waals surface area contributed by atoms with Gasteiger partial charge in [-0.3, -0.25) is 9.59 Å². The van der Waals surface area contributed by atoms with Crippen LogP contribution in [-0.4, -0.2) is 35.9 Å². The molecule has 0 saturated carbocycles. The summed E-state index contributed by atoms with van der Waals surface area (Å²) >= 11 is 0. The second-order valence-electron chi connectivity index (χ2n) is 7.01. The Balaban J connectivity index is 1.88. The van der Waals surface area contributed by atoms with Gasteiger partial charge in [0.25, 0.3) is 11.7 Å². The molecular weight excluding hydrogens is 398 g/mol. The summed E-state index contributed by atoms with van der Waals surface area (Å²) in [5.74, 6) is -0.134. The van der Waals surface area contributed by atoms with Gasteiger partial charge in [0, 0.05) is 5.56 Å². The van der Waals surface area contributed by atoms with Crippen molar-refractivity contribution in [2.75, 3.05) is 14.2 Å². The molecule has 1 saturated heterocycles. The topological polar surface area (TPSA) is 89.2 Å². The third-order valence-electron chi connectivity index (χ3n) is 5.20. The number of likely N-dealkylation sites (tertiary alicyclic amines) is 1. The second-order valence-corrected chi connectivity index (χ2v) is 7.01. The highest BCUT2D eigenvalue weighted by Gasteiger charge is 2.46. The number of hydrogen-bond acceptors (Lipinski definition) is 6. The largest absolute Gasteiger partial charge is 0.507 e. The van der Waals surface area contributed by atoms with Gasteiger partial charge in [-0.1, -0.05) is 24.3 Å². The summed E-state index contributed by atoms with van der Waals surface area (Å²) in [6.07, 6.45) is 1.50. The summed E-state index contributed by atoms with van der Waals surface area (Å²) in [5.41, 5.74) is 1.01. The molecule has 0 spiro atoms. The van der Waals surface area contributed by atoms with Crippen molar-refractivity contribution >= 4 is 17.4 Å². The maximum absolute atomic E-state index is 13.0. The van der Waals surface area contributed by atoms with E-state index in [-0.39, 0.29) is 17.9 Å². The first-order chi connectivity index (χ1) is 15.0. The predicted molar refractivity (Wildman–Crippen MR) is 113 cm³/mol. The third kappa shape index (κ3) is 3.77. The molecule has 7 nitrogen and oxygen atoms in total. The molecule has 1 fully saturated rings. The number of carbonyl (C=O) groups excluding carboxylic acids is 2. The Bertz CT molecular complexity index is 1150. The minimum atomic E-state index is -0.814. The number of benzene rings is 2. The minimum Gasteiger partial charge on any atom is -0.507 e. The van der Waals surface area contributed by atoms with Crippen LogP contribution >= 0.6 is 0 Å². The van der Waals surface area contributed by atoms with Crippen molar-refractivity contribution in [3.63, 3.8) is 0 Å². The van der Waals surface area contributed by atoms with Crippen LogP contribution in [0.25, 0.3) is 5.76 Å². The number of Topliss-reactive ketones (excluding diaryl/α,β-unsaturated/α-hetero) is 1. The van der Waals surface area contributed by atoms with E-state index in [9.17, 15) is 14.7 Å². The zero-order valence-electron chi connectivity index (χ0n) is 17.1. The third-order valence-corrected chi connectivity index (χ3v) is 5.20. The lowest BCUT2D eigenvalue weighted by Gasteiger charge is -2.24. The first-order valence-electron chi connectivity index (χ1n) is 9.62. The molecule has 1 aliphatic heterocycles. The number of methoxy groups -OCH3 is 2. The van der Waals surface area contributed by atoms with Crippen LogP contribution in [0.5, 0.6) is 11.5 Å². The van der Waals surface area contributed by atoms with Crippen LogP contribution in [-0.2, 0) is 16.1 Å². The van der Waals surface area contributed by atoms with E-state index in [4.69, 9.17) is 13.9 Å². The molecule has 7 heteroatoms. The van der Waals surface area contributed by atoms with Crippen LogP contribution in [0, 0.1) is 0 Å². The van der Waals surface area contributed by atoms with E-state index < -0.39 is 17.7 Å². The number of carbonyl (C=O) groups is 2. The SMILES string of the molecule is COc1cccc(/C(O)=C2\C(=O)C(=O)N(Cc3ccco3)C2c2cccc(OC)c2)c1. The number of ketones is 1. The molecule has 158 valence electrons. The molecule has 1 atom stereocenters. The lowest BCUT2D eigenvalue weighted by molar-refractivity contribution is -0.140. The van der Waals surface area contributed by atoms with Crippen molar-refractivity contribution in [1.82, 2.24) is 4.90 Å². The zero-order valence-corrected chi connectivity index (χ0v) is 17.1. The van der Waals surface area contributed by atoms with Crippen molar-refractivity contribution in [3.05, 3.63) is 89.4 Å². The van der Waals surface area contributed by atoms with E-state index in [0.29, 0.717) is 28.4 Å². The van der Waals surface area contributed by atoms with Crippen molar-refractivity contribution < 1.29 is 28.6 Å². The van der Waals surface area contributed by atoms with Gasteiger partial charge in [0.15, 0.2) is 0 Å². The van der Waals surface area contributed by atoms with Crippen molar-refractivity contribution in [2.24, 2.45) is 0 Å². The molecule has 2 aromatic carbocycles. The van der Waals surface area contributed by atoms with Crippen LogP contribution in [0.15, 0.2) is 76.9 Å². The zero-order chi connectivity index (χ0) is 22.0. The normalized spacial score (nSPS) is 17.7. The smallest absolute Gasteiger partial charge is 0.296 e. The first kappa shape index (κ1) is 20.3. The van der Waals surface area contributed by atoms with Crippen LogP contribution in [0.4, 0.5) is 0 Å². The number of aliphatic hydroxyl groups is 1. The Labute approximate surface area is 179 Å². The molecule has 1 N–H and O–H groups in total. The van der Waals surface area contributed by atoms with Gasteiger partial charge in [-0.15, -0.1) is 0 Å².